The number of hydrogen-bond acceptors (Lipinski definition) is 8. The van der Waals surface area contributed by atoms with E-state index >= 15 is 0 Å². The molecule has 0 aliphatic heterocycles. The zero-order chi connectivity index (χ0) is 21.1. The van der Waals surface area contributed by atoms with Crippen molar-refractivity contribution in [3.63, 3.8) is 0 Å². The summed E-state index contributed by atoms with van der Waals surface area (Å²) in [5, 5.41) is 25.1. The summed E-state index contributed by atoms with van der Waals surface area (Å²) in [6.07, 6.45) is 4.11. The second-order valence-corrected chi connectivity index (χ2v) is 9.26. The Morgan fingerprint density at radius 2 is 2.10 bits per heavy atom. The Morgan fingerprint density at radius 1 is 1.33 bits per heavy atom. The van der Waals surface area contributed by atoms with Gasteiger partial charge in [-0.25, -0.2) is 0 Å². The van der Waals surface area contributed by atoms with Crippen molar-refractivity contribution in [3.05, 3.63) is 40.3 Å². The number of anilines is 1. The monoisotopic (exact) mass is 440 g/mol. The Balaban J connectivity index is 1.48. The number of amides is 1. The van der Waals surface area contributed by atoms with E-state index in [0.29, 0.717) is 15.7 Å². The summed E-state index contributed by atoms with van der Waals surface area (Å²) in [6.45, 7) is 1.80. The molecule has 0 unspecified atom stereocenters. The maximum Gasteiger partial charge on any atom is 0.238 e. The quantitative estimate of drug-likeness (QED) is 0.584. The average Bonchev–Trinajstić information content (AvgIpc) is 3.37. The lowest BCUT2D eigenvalue weighted by Crippen LogP contribution is -2.23. The van der Waals surface area contributed by atoms with Crippen LogP contribution in [0.2, 0.25) is 0 Å². The van der Waals surface area contributed by atoms with Gasteiger partial charge in [-0.05, 0) is 72.9 Å². The maximum absolute atomic E-state index is 12.8. The molecule has 8 nitrogen and oxygen atoms in total. The molecular formula is C20H20N6O2S2. The van der Waals surface area contributed by atoms with Crippen molar-refractivity contribution in [1.82, 2.24) is 20.2 Å². The minimum atomic E-state index is -0.446. The molecule has 0 fully saturated rings. The molecule has 0 saturated carbocycles. The zero-order valence-electron chi connectivity index (χ0n) is 16.6. The summed E-state index contributed by atoms with van der Waals surface area (Å²) in [6, 6.07) is 9.61. The molecule has 3 aromatic rings. The predicted molar refractivity (Wildman–Crippen MR) is 115 cm³/mol. The van der Waals surface area contributed by atoms with Crippen LogP contribution in [0.1, 0.15) is 35.8 Å². The highest BCUT2D eigenvalue weighted by atomic mass is 32.2. The fourth-order valence-corrected chi connectivity index (χ4v) is 5.39. The van der Waals surface area contributed by atoms with E-state index in [1.165, 1.54) is 28.0 Å². The summed E-state index contributed by atoms with van der Waals surface area (Å²) < 4.78 is 6.76. The Kier molecular flexibility index (Phi) is 6.01. The molecule has 2 heterocycles. The van der Waals surface area contributed by atoms with Gasteiger partial charge in [0.1, 0.15) is 16.8 Å². The molecule has 30 heavy (non-hydrogen) atoms. The average molecular weight is 441 g/mol. The molecule has 0 bridgehead atoms. The van der Waals surface area contributed by atoms with Crippen molar-refractivity contribution in [2.45, 2.75) is 43.0 Å². The van der Waals surface area contributed by atoms with E-state index in [1.54, 1.807) is 18.7 Å². The first-order valence-corrected chi connectivity index (χ1v) is 11.2. The molecule has 1 N–H and O–H groups in total. The highest BCUT2D eigenvalue weighted by molar-refractivity contribution is 8.00. The Morgan fingerprint density at radius 3 is 2.83 bits per heavy atom. The third-order valence-corrected chi connectivity index (χ3v) is 7.17. The van der Waals surface area contributed by atoms with Gasteiger partial charge in [0.15, 0.2) is 0 Å². The highest BCUT2D eigenvalue weighted by Crippen LogP contribution is 2.38. The van der Waals surface area contributed by atoms with Gasteiger partial charge in [0, 0.05) is 4.88 Å². The molecule has 0 spiro atoms. The van der Waals surface area contributed by atoms with E-state index in [2.05, 4.69) is 26.9 Å². The summed E-state index contributed by atoms with van der Waals surface area (Å²) in [7, 11) is 1.61. The molecule has 2 aromatic heterocycles. The second kappa shape index (κ2) is 8.85. The number of nitrogens with one attached hydrogen (secondary N) is 1. The van der Waals surface area contributed by atoms with E-state index in [4.69, 9.17) is 4.74 Å². The van der Waals surface area contributed by atoms with Crippen molar-refractivity contribution in [2.75, 3.05) is 12.4 Å². The number of rotatable bonds is 6. The first kappa shape index (κ1) is 20.4. The van der Waals surface area contributed by atoms with Crippen molar-refractivity contribution < 1.29 is 9.53 Å². The number of benzene rings is 1. The third kappa shape index (κ3) is 4.04. The lowest BCUT2D eigenvalue weighted by molar-refractivity contribution is -0.115. The molecule has 4 rings (SSSR count). The number of hydrogen-bond donors (Lipinski definition) is 1. The fourth-order valence-electron chi connectivity index (χ4n) is 3.34. The van der Waals surface area contributed by atoms with Gasteiger partial charge in [-0.3, -0.25) is 4.79 Å². The lowest BCUT2D eigenvalue weighted by Gasteiger charge is -2.11. The Bertz CT molecular complexity index is 1100. The van der Waals surface area contributed by atoms with Gasteiger partial charge in [0.05, 0.1) is 23.6 Å². The van der Waals surface area contributed by atoms with E-state index < -0.39 is 5.25 Å². The van der Waals surface area contributed by atoms with E-state index in [9.17, 15) is 10.1 Å². The second-order valence-electron chi connectivity index (χ2n) is 6.85. The van der Waals surface area contributed by atoms with Crippen LogP contribution in [-0.4, -0.2) is 38.5 Å². The molecule has 0 saturated heterocycles. The zero-order valence-corrected chi connectivity index (χ0v) is 18.2. The van der Waals surface area contributed by atoms with Gasteiger partial charge < -0.3 is 10.1 Å². The normalized spacial score (nSPS) is 13.9. The van der Waals surface area contributed by atoms with Gasteiger partial charge in [-0.15, -0.1) is 16.4 Å². The first-order chi connectivity index (χ1) is 14.6. The van der Waals surface area contributed by atoms with Crippen LogP contribution in [0.5, 0.6) is 5.75 Å². The maximum atomic E-state index is 12.8. The van der Waals surface area contributed by atoms with Crippen LogP contribution in [-0.2, 0) is 17.6 Å². The number of aryl methyl sites for hydroxylation is 1. The van der Waals surface area contributed by atoms with Gasteiger partial charge in [-0.2, -0.15) is 9.94 Å². The molecule has 1 aromatic carbocycles. The van der Waals surface area contributed by atoms with Crippen LogP contribution in [0.3, 0.4) is 0 Å². The third-order valence-electron chi connectivity index (χ3n) is 4.93. The van der Waals surface area contributed by atoms with Crippen LogP contribution in [0.15, 0.2) is 29.4 Å². The van der Waals surface area contributed by atoms with Crippen molar-refractivity contribution in [3.8, 4) is 17.5 Å². The van der Waals surface area contributed by atoms with Crippen LogP contribution < -0.4 is 10.1 Å². The number of carbonyl (C=O) groups is 1. The fraction of sp³-hybridized carbons (Fsp3) is 0.350. The highest BCUT2D eigenvalue weighted by Gasteiger charge is 2.25. The van der Waals surface area contributed by atoms with Crippen LogP contribution in [0, 0.1) is 11.3 Å². The summed E-state index contributed by atoms with van der Waals surface area (Å²) in [5.41, 5.74) is 2.49. The van der Waals surface area contributed by atoms with Crippen LogP contribution in [0.25, 0.3) is 5.69 Å². The first-order valence-electron chi connectivity index (χ1n) is 9.55. The van der Waals surface area contributed by atoms with Crippen LogP contribution >= 0.6 is 23.1 Å². The number of aromatic nitrogens is 4. The number of methoxy groups -OCH3 is 1. The number of thiophene rings is 1. The summed E-state index contributed by atoms with van der Waals surface area (Å²) >= 11 is 2.79. The molecule has 1 atom stereocenters. The molecule has 0 radical (unpaired) electrons. The summed E-state index contributed by atoms with van der Waals surface area (Å²) in [5.74, 6) is 0.556. The summed E-state index contributed by atoms with van der Waals surface area (Å²) in [4.78, 5) is 14.0. The van der Waals surface area contributed by atoms with E-state index in [0.717, 1.165) is 42.7 Å². The SMILES string of the molecule is COc1ccc(-n2nnnc2S[C@@H](C)C(=O)Nc2sc3c(c2C#N)CCCC3)cc1. The molecule has 1 aliphatic rings. The number of fused-ring (bicyclic) bond motifs is 1. The van der Waals surface area contributed by atoms with E-state index in [-0.39, 0.29) is 5.91 Å². The Labute approximate surface area is 182 Å². The number of nitrogens with zero attached hydrogens (tertiary/aromatic N) is 5. The topological polar surface area (TPSA) is 106 Å². The largest absolute Gasteiger partial charge is 0.497 e. The molecule has 10 heteroatoms. The predicted octanol–water partition coefficient (Wildman–Crippen LogP) is 3.60. The number of nitriles is 1. The van der Waals surface area contributed by atoms with E-state index in [1.807, 2.05) is 24.3 Å². The van der Waals surface area contributed by atoms with Gasteiger partial charge in [-0.1, -0.05) is 11.8 Å². The smallest absolute Gasteiger partial charge is 0.238 e. The standard InChI is InChI=1S/C20H20N6O2S2/c1-12(18(27)22-19-16(11-21)15-5-3-4-6-17(15)30-19)29-20-23-24-25-26(20)13-7-9-14(28-2)10-8-13/h7-10,12H,3-6H2,1-2H3,(H,22,27)/t12-/m0/s1. The van der Waals surface area contributed by atoms with Gasteiger partial charge in [0.25, 0.3) is 0 Å². The van der Waals surface area contributed by atoms with Crippen LogP contribution in [0.4, 0.5) is 5.00 Å². The number of tetrazole rings is 1. The van der Waals surface area contributed by atoms with Gasteiger partial charge in [0.2, 0.25) is 11.1 Å². The minimum absolute atomic E-state index is 0.181. The molecule has 1 aliphatic carbocycles. The van der Waals surface area contributed by atoms with Crippen molar-refractivity contribution in [2.24, 2.45) is 0 Å². The number of thioether (sulfide) groups is 1. The Hall–Kier alpha value is -2.90. The number of ether oxygens (including phenoxy) is 1. The molecular weight excluding hydrogens is 420 g/mol. The van der Waals surface area contributed by atoms with Crippen molar-refractivity contribution in [1.29, 1.82) is 5.26 Å². The minimum Gasteiger partial charge on any atom is -0.497 e. The molecule has 154 valence electrons. The van der Waals surface area contributed by atoms with Gasteiger partial charge >= 0.3 is 0 Å². The number of carbonyl (C=O) groups excluding carboxylic acids is 1. The lowest BCUT2D eigenvalue weighted by atomic mass is 9.96. The van der Waals surface area contributed by atoms with Crippen molar-refractivity contribution >= 4 is 34.0 Å². The molecule has 1 amide bonds.